The first-order valence-electron chi connectivity index (χ1n) is 4.10. The quantitative estimate of drug-likeness (QED) is 0.564. The fourth-order valence-corrected chi connectivity index (χ4v) is 1.21. The summed E-state index contributed by atoms with van der Waals surface area (Å²) in [6.07, 6.45) is 3.79. The largest absolute Gasteiger partial charge is 0.353 e. The third-order valence-electron chi connectivity index (χ3n) is 1.79. The summed E-state index contributed by atoms with van der Waals surface area (Å²) in [6.45, 7) is 10.3. The highest BCUT2D eigenvalue weighted by Gasteiger charge is 2.23. The van der Waals surface area contributed by atoms with Crippen LogP contribution in [0.1, 0.15) is 20.8 Å². The third kappa shape index (κ3) is 1.80. The van der Waals surface area contributed by atoms with Crippen molar-refractivity contribution in [3.05, 3.63) is 24.7 Å². The lowest BCUT2D eigenvalue weighted by atomic mass is 10.1. The molecule has 68 valence electrons. The fraction of sp³-hybridized carbons (Fsp3) is 0.556. The molecule has 0 radical (unpaired) electrons. The molecular formula is C9H17N3. The Hall–Kier alpha value is -0.960. The number of hydrogen-bond acceptors (Lipinski definition) is 3. The first-order valence-corrected chi connectivity index (χ1v) is 4.10. The van der Waals surface area contributed by atoms with Crippen molar-refractivity contribution in [2.24, 2.45) is 5.73 Å². The van der Waals surface area contributed by atoms with Crippen LogP contribution < -0.4 is 11.1 Å². The van der Waals surface area contributed by atoms with Gasteiger partial charge in [0.1, 0.15) is 0 Å². The minimum absolute atomic E-state index is 0.0563. The molecule has 3 N–H and O–H groups in total. The first kappa shape index (κ1) is 9.13. The van der Waals surface area contributed by atoms with Crippen molar-refractivity contribution in [2.75, 3.05) is 0 Å². The first-order chi connectivity index (χ1) is 5.41. The summed E-state index contributed by atoms with van der Waals surface area (Å²) < 4.78 is 0. The van der Waals surface area contributed by atoms with E-state index in [2.05, 4.69) is 37.6 Å². The number of rotatable bonds is 0. The molecular weight excluding hydrogens is 150 g/mol. The van der Waals surface area contributed by atoms with E-state index in [9.17, 15) is 0 Å². The van der Waals surface area contributed by atoms with E-state index in [1.165, 1.54) is 0 Å². The minimum Gasteiger partial charge on any atom is -0.353 e. The Kier molecular flexibility index (Phi) is 2.15. The van der Waals surface area contributed by atoms with E-state index in [1.54, 1.807) is 0 Å². The maximum atomic E-state index is 5.65. The summed E-state index contributed by atoms with van der Waals surface area (Å²) in [4.78, 5) is 2.07. The van der Waals surface area contributed by atoms with Crippen molar-refractivity contribution < 1.29 is 0 Å². The Labute approximate surface area is 73.9 Å². The Balaban J connectivity index is 2.80. The molecule has 0 aromatic rings. The number of nitrogens with zero attached hydrogens (tertiary/aromatic N) is 1. The van der Waals surface area contributed by atoms with Gasteiger partial charge in [0.15, 0.2) is 0 Å². The predicted octanol–water partition coefficient (Wildman–Crippen LogP) is 0.960. The van der Waals surface area contributed by atoms with E-state index in [0.29, 0.717) is 0 Å². The van der Waals surface area contributed by atoms with Crippen LogP contribution in [0.5, 0.6) is 0 Å². The molecule has 0 bridgehead atoms. The molecule has 1 heterocycles. The molecule has 1 unspecified atom stereocenters. The summed E-state index contributed by atoms with van der Waals surface area (Å²) in [5.74, 6) is 0.859. The average molecular weight is 167 g/mol. The molecule has 1 aliphatic heterocycles. The lowest BCUT2D eigenvalue weighted by molar-refractivity contribution is 0.230. The maximum absolute atomic E-state index is 5.65. The van der Waals surface area contributed by atoms with E-state index >= 15 is 0 Å². The second kappa shape index (κ2) is 2.83. The summed E-state index contributed by atoms with van der Waals surface area (Å²) in [5.41, 5.74) is 5.70. The Morgan fingerprint density at radius 3 is 2.58 bits per heavy atom. The van der Waals surface area contributed by atoms with Gasteiger partial charge in [-0.3, -0.25) is 0 Å². The van der Waals surface area contributed by atoms with Gasteiger partial charge >= 0.3 is 0 Å². The van der Waals surface area contributed by atoms with Crippen molar-refractivity contribution in [1.29, 1.82) is 0 Å². The summed E-state index contributed by atoms with van der Waals surface area (Å²) in [5, 5.41) is 3.06. The zero-order chi connectivity index (χ0) is 9.35. The molecule has 12 heavy (non-hydrogen) atoms. The molecule has 0 aromatic carbocycles. The predicted molar refractivity (Wildman–Crippen MR) is 51.0 cm³/mol. The van der Waals surface area contributed by atoms with Crippen LogP contribution in [0.25, 0.3) is 0 Å². The van der Waals surface area contributed by atoms with Crippen molar-refractivity contribution >= 4 is 0 Å². The van der Waals surface area contributed by atoms with Crippen molar-refractivity contribution in [3.63, 3.8) is 0 Å². The lowest BCUT2D eigenvalue weighted by Crippen LogP contribution is -2.49. The molecule has 0 aromatic heterocycles. The molecule has 0 saturated carbocycles. The van der Waals surface area contributed by atoms with Crippen LogP contribution in [0.2, 0.25) is 0 Å². The van der Waals surface area contributed by atoms with Crippen LogP contribution in [-0.2, 0) is 0 Å². The lowest BCUT2D eigenvalue weighted by Gasteiger charge is -2.39. The van der Waals surface area contributed by atoms with Crippen LogP contribution >= 0.6 is 0 Å². The van der Waals surface area contributed by atoms with Crippen molar-refractivity contribution in [3.8, 4) is 0 Å². The molecule has 0 spiro atoms. The van der Waals surface area contributed by atoms with Crippen molar-refractivity contribution in [1.82, 2.24) is 10.2 Å². The average Bonchev–Trinajstić information content (AvgIpc) is 1.83. The van der Waals surface area contributed by atoms with Gasteiger partial charge < -0.3 is 16.0 Å². The summed E-state index contributed by atoms with van der Waals surface area (Å²) in [7, 11) is 0. The van der Waals surface area contributed by atoms with Crippen LogP contribution in [-0.4, -0.2) is 16.6 Å². The highest BCUT2D eigenvalue weighted by Crippen LogP contribution is 2.19. The van der Waals surface area contributed by atoms with E-state index in [0.717, 1.165) is 5.82 Å². The Morgan fingerprint density at radius 1 is 1.58 bits per heavy atom. The molecule has 0 amide bonds. The maximum Gasteiger partial charge on any atom is 0.0998 e. The second-order valence-electron chi connectivity index (χ2n) is 4.00. The highest BCUT2D eigenvalue weighted by molar-refractivity contribution is 5.12. The second-order valence-corrected chi connectivity index (χ2v) is 4.00. The smallest absolute Gasteiger partial charge is 0.0998 e. The Morgan fingerprint density at radius 2 is 2.17 bits per heavy atom. The summed E-state index contributed by atoms with van der Waals surface area (Å²) >= 11 is 0. The molecule has 1 aliphatic rings. The molecule has 1 rings (SSSR count). The van der Waals surface area contributed by atoms with E-state index in [-0.39, 0.29) is 11.7 Å². The molecule has 3 nitrogen and oxygen atoms in total. The van der Waals surface area contributed by atoms with Gasteiger partial charge in [0, 0.05) is 11.7 Å². The number of nitrogens with one attached hydrogen (secondary N) is 1. The van der Waals surface area contributed by atoms with E-state index in [1.807, 2.05) is 12.3 Å². The van der Waals surface area contributed by atoms with Gasteiger partial charge in [-0.05, 0) is 26.8 Å². The molecule has 3 heteroatoms. The van der Waals surface area contributed by atoms with Crippen molar-refractivity contribution in [2.45, 2.75) is 32.5 Å². The van der Waals surface area contributed by atoms with Crippen LogP contribution in [0, 0.1) is 0 Å². The standard InChI is InChI=1S/C9H17N3/c1-7-11-8(10)5-6-12(7)9(2,3)4/h5-6,8,11H,1,10H2,2-4H3. The monoisotopic (exact) mass is 167 g/mol. The van der Waals surface area contributed by atoms with Crippen LogP contribution in [0.15, 0.2) is 24.7 Å². The highest BCUT2D eigenvalue weighted by atomic mass is 15.3. The van der Waals surface area contributed by atoms with Gasteiger partial charge in [0.2, 0.25) is 0 Å². The minimum atomic E-state index is -0.101. The van der Waals surface area contributed by atoms with Gasteiger partial charge in [0.05, 0.1) is 12.0 Å². The van der Waals surface area contributed by atoms with Gasteiger partial charge in [-0.15, -0.1) is 0 Å². The van der Waals surface area contributed by atoms with Gasteiger partial charge in [-0.25, -0.2) is 0 Å². The van der Waals surface area contributed by atoms with E-state index < -0.39 is 0 Å². The number of nitrogens with two attached hydrogens (primary N) is 1. The van der Waals surface area contributed by atoms with Crippen LogP contribution in [0.3, 0.4) is 0 Å². The fourth-order valence-electron chi connectivity index (χ4n) is 1.21. The zero-order valence-electron chi connectivity index (χ0n) is 7.96. The SMILES string of the molecule is C=C1NC(N)C=CN1C(C)(C)C. The Bertz CT molecular complexity index is 212. The zero-order valence-corrected chi connectivity index (χ0v) is 7.96. The molecule has 1 atom stereocenters. The van der Waals surface area contributed by atoms with Gasteiger partial charge in [0.25, 0.3) is 0 Å². The number of hydrogen-bond donors (Lipinski definition) is 2. The molecule has 0 aliphatic carbocycles. The third-order valence-corrected chi connectivity index (χ3v) is 1.79. The molecule has 0 saturated heterocycles. The summed E-state index contributed by atoms with van der Waals surface area (Å²) in [6, 6.07) is 0. The topological polar surface area (TPSA) is 41.3 Å². The van der Waals surface area contributed by atoms with Gasteiger partial charge in [-0.2, -0.15) is 0 Å². The van der Waals surface area contributed by atoms with Gasteiger partial charge in [-0.1, -0.05) is 6.58 Å². The van der Waals surface area contributed by atoms with Crippen LogP contribution in [0.4, 0.5) is 0 Å². The molecule has 0 fully saturated rings. The van der Waals surface area contributed by atoms with E-state index in [4.69, 9.17) is 5.73 Å². The normalized spacial score (nSPS) is 24.2.